The lowest BCUT2D eigenvalue weighted by Crippen LogP contribution is -2.47. The van der Waals surface area contributed by atoms with Gasteiger partial charge in [-0.05, 0) is 54.4 Å². The molecule has 2 N–H and O–H groups in total. The standard InChI is InChI=1S/C13H17BrF3NO2/c1-8(19)12(2,3)18-7-9-4-5-11(10(14)6-9)20-13(15,16)17/h4-6,8,18-19H,7H2,1-3H3. The number of alkyl halides is 3. The number of nitrogens with one attached hydrogen (secondary N) is 1. The molecule has 0 aromatic heterocycles. The highest BCUT2D eigenvalue weighted by Gasteiger charge is 2.32. The molecular formula is C13H17BrF3NO2. The van der Waals surface area contributed by atoms with Crippen molar-refractivity contribution in [3.05, 3.63) is 28.2 Å². The van der Waals surface area contributed by atoms with Gasteiger partial charge in [0.15, 0.2) is 0 Å². The summed E-state index contributed by atoms with van der Waals surface area (Å²) in [6.45, 7) is 5.77. The van der Waals surface area contributed by atoms with Crippen molar-refractivity contribution in [1.82, 2.24) is 5.32 Å². The monoisotopic (exact) mass is 355 g/mol. The van der Waals surface area contributed by atoms with E-state index in [1.54, 1.807) is 13.0 Å². The second kappa shape index (κ2) is 6.32. The van der Waals surface area contributed by atoms with Crippen LogP contribution in [0.5, 0.6) is 5.75 Å². The van der Waals surface area contributed by atoms with Crippen LogP contribution in [0, 0.1) is 0 Å². The number of ether oxygens (including phenoxy) is 1. The van der Waals surface area contributed by atoms with Gasteiger partial charge in [0, 0.05) is 12.1 Å². The summed E-state index contributed by atoms with van der Waals surface area (Å²) in [6.07, 6.45) is -5.27. The zero-order valence-corrected chi connectivity index (χ0v) is 13.0. The van der Waals surface area contributed by atoms with E-state index in [4.69, 9.17) is 0 Å². The Morgan fingerprint density at radius 3 is 2.40 bits per heavy atom. The first-order valence-corrected chi connectivity index (χ1v) is 6.78. The molecule has 0 radical (unpaired) electrons. The first-order chi connectivity index (χ1) is 9.01. The number of aliphatic hydroxyl groups is 1. The summed E-state index contributed by atoms with van der Waals surface area (Å²) in [5.41, 5.74) is 0.285. The number of aliphatic hydroxyl groups excluding tert-OH is 1. The van der Waals surface area contributed by atoms with Gasteiger partial charge >= 0.3 is 6.36 Å². The SMILES string of the molecule is CC(O)C(C)(C)NCc1ccc(OC(F)(F)F)c(Br)c1. The highest BCUT2D eigenvalue weighted by molar-refractivity contribution is 9.10. The zero-order chi connectivity index (χ0) is 15.6. The van der Waals surface area contributed by atoms with Gasteiger partial charge in [-0.25, -0.2) is 0 Å². The van der Waals surface area contributed by atoms with E-state index < -0.39 is 18.0 Å². The van der Waals surface area contributed by atoms with E-state index in [1.165, 1.54) is 12.1 Å². The summed E-state index contributed by atoms with van der Waals surface area (Å²) in [7, 11) is 0. The van der Waals surface area contributed by atoms with Crippen LogP contribution in [0.3, 0.4) is 0 Å². The second-order valence-corrected chi connectivity index (χ2v) is 5.92. The molecule has 114 valence electrons. The van der Waals surface area contributed by atoms with Gasteiger partial charge in [-0.3, -0.25) is 0 Å². The van der Waals surface area contributed by atoms with Crippen molar-refractivity contribution in [2.24, 2.45) is 0 Å². The summed E-state index contributed by atoms with van der Waals surface area (Å²) in [6, 6.07) is 4.34. The Bertz CT molecular complexity index is 461. The molecule has 0 spiro atoms. The molecule has 0 bridgehead atoms. The second-order valence-electron chi connectivity index (χ2n) is 5.06. The summed E-state index contributed by atoms with van der Waals surface area (Å²) < 4.78 is 40.5. The molecule has 0 amide bonds. The Hall–Kier alpha value is -0.790. The van der Waals surface area contributed by atoms with Gasteiger partial charge in [0.2, 0.25) is 0 Å². The van der Waals surface area contributed by atoms with Crippen LogP contribution in [0.25, 0.3) is 0 Å². The minimum absolute atomic E-state index is 0.226. The van der Waals surface area contributed by atoms with Crippen molar-refractivity contribution >= 4 is 15.9 Å². The van der Waals surface area contributed by atoms with Crippen molar-refractivity contribution in [3.63, 3.8) is 0 Å². The zero-order valence-electron chi connectivity index (χ0n) is 11.4. The molecule has 1 rings (SSSR count). The highest BCUT2D eigenvalue weighted by Crippen LogP contribution is 2.31. The first-order valence-electron chi connectivity index (χ1n) is 5.98. The van der Waals surface area contributed by atoms with Gasteiger partial charge in [0.1, 0.15) is 5.75 Å². The third-order valence-corrected chi connectivity index (χ3v) is 3.63. The third-order valence-electron chi connectivity index (χ3n) is 3.01. The minimum atomic E-state index is -4.71. The van der Waals surface area contributed by atoms with Crippen molar-refractivity contribution in [2.75, 3.05) is 0 Å². The summed E-state index contributed by atoms with van der Waals surface area (Å²) in [5.74, 6) is -0.281. The van der Waals surface area contributed by atoms with E-state index in [0.717, 1.165) is 5.56 Å². The van der Waals surface area contributed by atoms with Crippen molar-refractivity contribution in [2.45, 2.75) is 45.3 Å². The van der Waals surface area contributed by atoms with Crippen LogP contribution >= 0.6 is 15.9 Å². The van der Waals surface area contributed by atoms with E-state index in [1.807, 2.05) is 13.8 Å². The van der Waals surface area contributed by atoms with E-state index in [-0.39, 0.29) is 10.2 Å². The smallest absolute Gasteiger partial charge is 0.405 e. The van der Waals surface area contributed by atoms with Gasteiger partial charge in [-0.1, -0.05) is 6.07 Å². The maximum absolute atomic E-state index is 12.1. The molecule has 20 heavy (non-hydrogen) atoms. The van der Waals surface area contributed by atoms with Gasteiger partial charge in [-0.2, -0.15) is 0 Å². The quantitative estimate of drug-likeness (QED) is 0.847. The molecule has 3 nitrogen and oxygen atoms in total. The molecule has 0 aliphatic heterocycles. The van der Waals surface area contributed by atoms with Crippen LogP contribution in [-0.2, 0) is 6.54 Å². The van der Waals surface area contributed by atoms with Crippen LogP contribution < -0.4 is 10.1 Å². The maximum atomic E-state index is 12.1. The van der Waals surface area contributed by atoms with Gasteiger partial charge in [0.05, 0.1) is 10.6 Å². The van der Waals surface area contributed by atoms with E-state index >= 15 is 0 Å². The number of halogens is 4. The molecule has 7 heteroatoms. The van der Waals surface area contributed by atoms with Crippen molar-refractivity contribution < 1.29 is 23.0 Å². The molecule has 1 aromatic rings. The fourth-order valence-electron chi connectivity index (χ4n) is 1.34. The molecule has 0 fully saturated rings. The van der Waals surface area contributed by atoms with Crippen LogP contribution in [0.2, 0.25) is 0 Å². The molecule has 0 heterocycles. The normalized spacial score (nSPS) is 14.2. The largest absolute Gasteiger partial charge is 0.573 e. The van der Waals surface area contributed by atoms with E-state index in [2.05, 4.69) is 26.0 Å². The predicted molar refractivity (Wildman–Crippen MR) is 73.4 cm³/mol. The highest BCUT2D eigenvalue weighted by atomic mass is 79.9. The Balaban J connectivity index is 2.73. The Labute approximate surface area is 124 Å². The Morgan fingerprint density at radius 1 is 1.35 bits per heavy atom. The first kappa shape index (κ1) is 17.3. The molecule has 0 aliphatic rings. The lowest BCUT2D eigenvalue weighted by molar-refractivity contribution is -0.274. The number of rotatable bonds is 5. The van der Waals surface area contributed by atoms with E-state index in [0.29, 0.717) is 6.54 Å². The number of hydrogen-bond acceptors (Lipinski definition) is 3. The molecule has 0 saturated carbocycles. The van der Waals surface area contributed by atoms with Crippen LogP contribution in [-0.4, -0.2) is 23.1 Å². The van der Waals surface area contributed by atoms with Crippen LogP contribution in [0.1, 0.15) is 26.3 Å². The fourth-order valence-corrected chi connectivity index (χ4v) is 1.85. The summed E-state index contributed by atoms with van der Waals surface area (Å²) >= 11 is 3.05. The summed E-state index contributed by atoms with van der Waals surface area (Å²) in [5, 5.41) is 12.7. The fraction of sp³-hybridized carbons (Fsp3) is 0.538. The summed E-state index contributed by atoms with van der Waals surface area (Å²) in [4.78, 5) is 0. The molecule has 1 atom stereocenters. The molecular weight excluding hydrogens is 339 g/mol. The lowest BCUT2D eigenvalue weighted by Gasteiger charge is -2.29. The van der Waals surface area contributed by atoms with Gasteiger partial charge in [-0.15, -0.1) is 13.2 Å². The Morgan fingerprint density at radius 2 is 1.95 bits per heavy atom. The molecule has 1 unspecified atom stereocenters. The molecule has 0 saturated heterocycles. The Kier molecular flexibility index (Phi) is 5.46. The maximum Gasteiger partial charge on any atom is 0.573 e. The van der Waals surface area contributed by atoms with Gasteiger partial charge in [0.25, 0.3) is 0 Å². The lowest BCUT2D eigenvalue weighted by atomic mass is 9.98. The number of benzene rings is 1. The predicted octanol–water partition coefficient (Wildman–Crippen LogP) is 3.60. The van der Waals surface area contributed by atoms with Crippen molar-refractivity contribution in [3.8, 4) is 5.75 Å². The van der Waals surface area contributed by atoms with Gasteiger partial charge < -0.3 is 15.2 Å². The molecule has 1 aromatic carbocycles. The molecule has 0 aliphatic carbocycles. The average Bonchev–Trinajstić information content (AvgIpc) is 2.28. The number of hydrogen-bond donors (Lipinski definition) is 2. The van der Waals surface area contributed by atoms with Crippen molar-refractivity contribution in [1.29, 1.82) is 0 Å². The third kappa shape index (κ3) is 5.30. The van der Waals surface area contributed by atoms with Crippen LogP contribution in [0.15, 0.2) is 22.7 Å². The minimum Gasteiger partial charge on any atom is -0.405 e. The average molecular weight is 356 g/mol. The topological polar surface area (TPSA) is 41.5 Å². The van der Waals surface area contributed by atoms with Crippen LogP contribution in [0.4, 0.5) is 13.2 Å². The van der Waals surface area contributed by atoms with E-state index in [9.17, 15) is 18.3 Å².